The Morgan fingerprint density at radius 1 is 1.19 bits per heavy atom. The summed E-state index contributed by atoms with van der Waals surface area (Å²) >= 11 is 0. The molecule has 0 saturated heterocycles. The van der Waals surface area contributed by atoms with Crippen LogP contribution in [0.5, 0.6) is 0 Å². The molecule has 16 heavy (non-hydrogen) atoms. The van der Waals surface area contributed by atoms with Crippen molar-refractivity contribution in [2.75, 3.05) is 0 Å². The van der Waals surface area contributed by atoms with Crippen LogP contribution in [0.15, 0.2) is 18.2 Å². The van der Waals surface area contributed by atoms with E-state index in [1.54, 1.807) is 18.1 Å². The predicted octanol–water partition coefficient (Wildman–Crippen LogP) is 3.48. The van der Waals surface area contributed by atoms with Crippen molar-refractivity contribution < 1.29 is 4.79 Å². The highest BCUT2D eigenvalue weighted by atomic mass is 16.1. The maximum absolute atomic E-state index is 10.9. The zero-order valence-electron chi connectivity index (χ0n) is 10.1. The van der Waals surface area contributed by atoms with E-state index in [0.29, 0.717) is 5.78 Å². The number of Topliss-reactive ketones (excluding diaryl/α,β-unsaturated/α-hetero) is 1. The molecule has 0 fully saturated rings. The van der Waals surface area contributed by atoms with Crippen LogP contribution in [0.1, 0.15) is 49.3 Å². The summed E-state index contributed by atoms with van der Waals surface area (Å²) in [6.45, 7) is 1.67. The standard InChI is InChI=1S/C15H20O/c1-12(16)5-4-6-13-9-10-14-7-2-3-8-15(14)11-13/h9-11H,2-8H2,1H3. The molecular weight excluding hydrogens is 196 g/mol. The number of carbonyl (C=O) groups excluding carboxylic acids is 1. The third kappa shape index (κ3) is 2.94. The molecule has 0 unspecified atom stereocenters. The Hall–Kier alpha value is -1.11. The highest BCUT2D eigenvalue weighted by molar-refractivity contribution is 5.75. The Morgan fingerprint density at radius 3 is 2.69 bits per heavy atom. The van der Waals surface area contributed by atoms with E-state index in [9.17, 15) is 4.79 Å². The lowest BCUT2D eigenvalue weighted by molar-refractivity contribution is -0.117. The van der Waals surface area contributed by atoms with Crippen LogP contribution < -0.4 is 0 Å². The summed E-state index contributed by atoms with van der Waals surface area (Å²) in [5, 5.41) is 0. The molecule has 0 aromatic heterocycles. The second-order valence-corrected chi connectivity index (χ2v) is 4.87. The van der Waals surface area contributed by atoms with Crippen LogP contribution in [0, 0.1) is 0 Å². The Labute approximate surface area is 97.9 Å². The van der Waals surface area contributed by atoms with Crippen molar-refractivity contribution in [1.82, 2.24) is 0 Å². The Morgan fingerprint density at radius 2 is 1.94 bits per heavy atom. The molecule has 1 aliphatic carbocycles. The van der Waals surface area contributed by atoms with E-state index in [0.717, 1.165) is 19.3 Å². The van der Waals surface area contributed by atoms with Crippen LogP contribution >= 0.6 is 0 Å². The molecule has 0 atom stereocenters. The van der Waals surface area contributed by atoms with Gasteiger partial charge in [-0.2, -0.15) is 0 Å². The van der Waals surface area contributed by atoms with Gasteiger partial charge >= 0.3 is 0 Å². The van der Waals surface area contributed by atoms with Crippen molar-refractivity contribution >= 4 is 5.78 Å². The highest BCUT2D eigenvalue weighted by Gasteiger charge is 2.09. The predicted molar refractivity (Wildman–Crippen MR) is 66.7 cm³/mol. The normalized spacial score (nSPS) is 14.6. The fourth-order valence-electron chi connectivity index (χ4n) is 2.48. The average Bonchev–Trinajstić information content (AvgIpc) is 2.28. The van der Waals surface area contributed by atoms with Gasteiger partial charge in [-0.3, -0.25) is 0 Å². The van der Waals surface area contributed by atoms with Crippen LogP contribution in [-0.4, -0.2) is 5.78 Å². The summed E-state index contributed by atoms with van der Waals surface area (Å²) < 4.78 is 0. The number of rotatable bonds is 4. The maximum atomic E-state index is 10.9. The molecule has 0 radical (unpaired) electrons. The number of carbonyl (C=O) groups is 1. The quantitative estimate of drug-likeness (QED) is 0.753. The van der Waals surface area contributed by atoms with E-state index in [-0.39, 0.29) is 0 Å². The monoisotopic (exact) mass is 216 g/mol. The van der Waals surface area contributed by atoms with Gasteiger partial charge in [-0.15, -0.1) is 0 Å². The minimum atomic E-state index is 0.304. The first-order valence-electron chi connectivity index (χ1n) is 6.36. The molecule has 1 aromatic rings. The van der Waals surface area contributed by atoms with Gasteiger partial charge in [0.15, 0.2) is 0 Å². The number of ketones is 1. The first-order valence-corrected chi connectivity index (χ1v) is 6.36. The Bertz CT molecular complexity index is 379. The number of hydrogen-bond acceptors (Lipinski definition) is 1. The molecule has 1 aromatic carbocycles. The number of hydrogen-bond donors (Lipinski definition) is 0. The third-order valence-corrected chi connectivity index (χ3v) is 3.41. The molecule has 2 rings (SSSR count). The van der Waals surface area contributed by atoms with Gasteiger partial charge < -0.3 is 4.79 Å². The van der Waals surface area contributed by atoms with Crippen molar-refractivity contribution in [3.63, 3.8) is 0 Å². The van der Waals surface area contributed by atoms with Crippen LogP contribution in [0.3, 0.4) is 0 Å². The SMILES string of the molecule is CC(=O)CCCc1ccc2c(c1)CCCC2. The zero-order valence-corrected chi connectivity index (χ0v) is 10.1. The number of aryl methyl sites for hydroxylation is 3. The largest absolute Gasteiger partial charge is 0.300 e. The molecule has 0 saturated carbocycles. The average molecular weight is 216 g/mol. The van der Waals surface area contributed by atoms with Gasteiger partial charge in [0.05, 0.1) is 0 Å². The Kier molecular flexibility index (Phi) is 3.76. The highest BCUT2D eigenvalue weighted by Crippen LogP contribution is 2.22. The topological polar surface area (TPSA) is 17.1 Å². The van der Waals surface area contributed by atoms with Gasteiger partial charge in [0.25, 0.3) is 0 Å². The fraction of sp³-hybridized carbons (Fsp3) is 0.533. The second-order valence-electron chi connectivity index (χ2n) is 4.87. The summed E-state index contributed by atoms with van der Waals surface area (Å²) in [6.07, 6.45) is 7.94. The van der Waals surface area contributed by atoms with Gasteiger partial charge in [-0.05, 0) is 62.1 Å². The summed E-state index contributed by atoms with van der Waals surface area (Å²) in [6, 6.07) is 6.89. The molecule has 86 valence electrons. The fourth-order valence-corrected chi connectivity index (χ4v) is 2.48. The number of fused-ring (bicyclic) bond motifs is 1. The Balaban J connectivity index is 1.97. The van der Waals surface area contributed by atoms with E-state index in [2.05, 4.69) is 18.2 Å². The number of benzene rings is 1. The lowest BCUT2D eigenvalue weighted by atomic mass is 9.89. The van der Waals surface area contributed by atoms with E-state index >= 15 is 0 Å². The van der Waals surface area contributed by atoms with Gasteiger partial charge in [0, 0.05) is 6.42 Å². The first-order chi connectivity index (χ1) is 7.75. The molecule has 0 spiro atoms. The van der Waals surface area contributed by atoms with Gasteiger partial charge in [0.1, 0.15) is 5.78 Å². The summed E-state index contributed by atoms with van der Waals surface area (Å²) in [4.78, 5) is 10.9. The van der Waals surface area contributed by atoms with Crippen molar-refractivity contribution in [2.45, 2.75) is 51.9 Å². The minimum absolute atomic E-state index is 0.304. The minimum Gasteiger partial charge on any atom is -0.300 e. The second kappa shape index (κ2) is 5.29. The van der Waals surface area contributed by atoms with Gasteiger partial charge in [-0.25, -0.2) is 0 Å². The van der Waals surface area contributed by atoms with E-state index < -0.39 is 0 Å². The molecule has 1 heteroatoms. The lowest BCUT2D eigenvalue weighted by Crippen LogP contribution is -2.03. The molecule has 0 N–H and O–H groups in total. The van der Waals surface area contributed by atoms with Crippen molar-refractivity contribution in [1.29, 1.82) is 0 Å². The molecule has 0 heterocycles. The third-order valence-electron chi connectivity index (χ3n) is 3.41. The summed E-state index contributed by atoms with van der Waals surface area (Å²) in [5.41, 5.74) is 4.50. The van der Waals surface area contributed by atoms with E-state index in [4.69, 9.17) is 0 Å². The van der Waals surface area contributed by atoms with Crippen LogP contribution in [-0.2, 0) is 24.1 Å². The molecular formula is C15H20O. The van der Waals surface area contributed by atoms with E-state index in [1.807, 2.05) is 0 Å². The summed E-state index contributed by atoms with van der Waals surface area (Å²) in [7, 11) is 0. The van der Waals surface area contributed by atoms with Gasteiger partial charge in [-0.1, -0.05) is 18.2 Å². The zero-order chi connectivity index (χ0) is 11.4. The van der Waals surface area contributed by atoms with Crippen LogP contribution in [0.2, 0.25) is 0 Å². The van der Waals surface area contributed by atoms with Crippen molar-refractivity contribution in [3.8, 4) is 0 Å². The molecule has 1 nitrogen and oxygen atoms in total. The summed E-state index contributed by atoms with van der Waals surface area (Å²) in [5.74, 6) is 0.304. The van der Waals surface area contributed by atoms with Crippen LogP contribution in [0.4, 0.5) is 0 Å². The smallest absolute Gasteiger partial charge is 0.129 e. The van der Waals surface area contributed by atoms with Crippen LogP contribution in [0.25, 0.3) is 0 Å². The van der Waals surface area contributed by atoms with Crippen molar-refractivity contribution in [3.05, 3.63) is 34.9 Å². The van der Waals surface area contributed by atoms with Gasteiger partial charge in [0.2, 0.25) is 0 Å². The molecule has 1 aliphatic rings. The van der Waals surface area contributed by atoms with Crippen molar-refractivity contribution in [2.24, 2.45) is 0 Å². The maximum Gasteiger partial charge on any atom is 0.129 e. The lowest BCUT2D eigenvalue weighted by Gasteiger charge is -2.16. The molecule has 0 aliphatic heterocycles. The molecule has 0 amide bonds. The molecule has 0 bridgehead atoms. The first kappa shape index (κ1) is 11.4. The van der Waals surface area contributed by atoms with E-state index in [1.165, 1.54) is 31.2 Å².